The van der Waals surface area contributed by atoms with Crippen molar-refractivity contribution in [2.24, 2.45) is 11.1 Å². The molecule has 1 aromatic rings. The highest BCUT2D eigenvalue weighted by molar-refractivity contribution is 7.80. The van der Waals surface area contributed by atoms with Crippen LogP contribution in [0.15, 0.2) is 24.3 Å². The molecule has 0 atom stereocenters. The number of para-hydroxylation sites is 1. The van der Waals surface area contributed by atoms with Gasteiger partial charge in [-0.05, 0) is 31.4 Å². The molecule has 0 spiro atoms. The zero-order valence-corrected chi connectivity index (χ0v) is 11.9. The average molecular weight is 264 g/mol. The third kappa shape index (κ3) is 2.70. The summed E-state index contributed by atoms with van der Waals surface area (Å²) in [6.45, 7) is 5.82. The van der Waals surface area contributed by atoms with E-state index in [1.807, 2.05) is 45.0 Å². The molecule has 0 radical (unpaired) electrons. The second kappa shape index (κ2) is 5.96. The summed E-state index contributed by atoms with van der Waals surface area (Å²) < 4.78 is 0. The van der Waals surface area contributed by atoms with Crippen LogP contribution < -0.4 is 11.1 Å². The molecular weight excluding hydrogens is 244 g/mol. The van der Waals surface area contributed by atoms with Gasteiger partial charge in [0.2, 0.25) is 5.91 Å². The van der Waals surface area contributed by atoms with Crippen LogP contribution in [0.2, 0.25) is 0 Å². The molecule has 0 aromatic heterocycles. The molecule has 0 heterocycles. The van der Waals surface area contributed by atoms with Crippen LogP contribution >= 0.6 is 12.2 Å². The van der Waals surface area contributed by atoms with Crippen molar-refractivity contribution in [3.05, 3.63) is 29.8 Å². The number of thiocarbonyl (C=S) groups is 1. The van der Waals surface area contributed by atoms with Crippen LogP contribution in [0, 0.1) is 12.3 Å². The lowest BCUT2D eigenvalue weighted by Gasteiger charge is -2.29. The number of nitrogens with one attached hydrogen (secondary N) is 1. The van der Waals surface area contributed by atoms with E-state index in [0.29, 0.717) is 12.8 Å². The van der Waals surface area contributed by atoms with Crippen LogP contribution in [0.4, 0.5) is 5.69 Å². The van der Waals surface area contributed by atoms with E-state index in [9.17, 15) is 4.79 Å². The number of aryl methyl sites for hydroxylation is 1. The fourth-order valence-corrected chi connectivity index (χ4v) is 2.37. The number of rotatable bonds is 5. The zero-order chi connectivity index (χ0) is 13.8. The molecule has 18 heavy (non-hydrogen) atoms. The lowest BCUT2D eigenvalue weighted by atomic mass is 9.81. The zero-order valence-electron chi connectivity index (χ0n) is 11.1. The van der Waals surface area contributed by atoms with Crippen molar-refractivity contribution in [2.75, 3.05) is 5.32 Å². The van der Waals surface area contributed by atoms with Gasteiger partial charge in [0, 0.05) is 5.69 Å². The molecule has 1 amide bonds. The number of carbonyl (C=O) groups excluding carboxylic acids is 1. The van der Waals surface area contributed by atoms with Gasteiger partial charge < -0.3 is 11.1 Å². The van der Waals surface area contributed by atoms with Gasteiger partial charge in [0.15, 0.2) is 0 Å². The Labute approximate surface area is 114 Å². The highest BCUT2D eigenvalue weighted by atomic mass is 32.1. The van der Waals surface area contributed by atoms with Crippen molar-refractivity contribution in [3.63, 3.8) is 0 Å². The molecule has 4 heteroatoms. The molecule has 0 aliphatic heterocycles. The summed E-state index contributed by atoms with van der Waals surface area (Å²) in [5.74, 6) is -0.116. The van der Waals surface area contributed by atoms with Gasteiger partial charge in [-0.3, -0.25) is 4.79 Å². The van der Waals surface area contributed by atoms with E-state index in [1.165, 1.54) is 0 Å². The Hall–Kier alpha value is -1.42. The number of hydrogen-bond donors (Lipinski definition) is 2. The van der Waals surface area contributed by atoms with Gasteiger partial charge in [0.05, 0.1) is 10.4 Å². The summed E-state index contributed by atoms with van der Waals surface area (Å²) in [6, 6.07) is 7.66. The number of nitrogens with two attached hydrogens (primary N) is 1. The molecule has 3 N–H and O–H groups in total. The Bertz CT molecular complexity index is 453. The minimum absolute atomic E-state index is 0.116. The predicted octanol–water partition coefficient (Wildman–Crippen LogP) is 3.03. The normalized spacial score (nSPS) is 11.1. The SMILES string of the molecule is CCC(CC)(C(=O)Nc1ccccc1C)C(N)=S. The van der Waals surface area contributed by atoms with Crippen molar-refractivity contribution < 1.29 is 4.79 Å². The van der Waals surface area contributed by atoms with Crippen LogP contribution in [0.25, 0.3) is 0 Å². The maximum absolute atomic E-state index is 12.4. The molecular formula is C14H20N2OS. The quantitative estimate of drug-likeness (QED) is 0.804. The number of anilines is 1. The molecule has 0 saturated heterocycles. The molecule has 0 bridgehead atoms. The standard InChI is InChI=1S/C14H20N2OS/c1-4-14(5-2,12(15)18)13(17)16-11-9-7-6-8-10(11)3/h6-9H,4-5H2,1-3H3,(H2,15,18)(H,16,17). The minimum Gasteiger partial charge on any atom is -0.392 e. The number of hydrogen-bond acceptors (Lipinski definition) is 2. The summed E-state index contributed by atoms with van der Waals surface area (Å²) >= 11 is 5.07. The van der Waals surface area contributed by atoms with Gasteiger partial charge in [-0.1, -0.05) is 44.3 Å². The van der Waals surface area contributed by atoms with Crippen LogP contribution in [0.5, 0.6) is 0 Å². The van der Waals surface area contributed by atoms with E-state index in [-0.39, 0.29) is 10.9 Å². The predicted molar refractivity (Wildman–Crippen MR) is 79.6 cm³/mol. The fraction of sp³-hybridized carbons (Fsp3) is 0.429. The summed E-state index contributed by atoms with van der Waals surface area (Å²) in [7, 11) is 0. The first kappa shape index (κ1) is 14.6. The largest absolute Gasteiger partial charge is 0.392 e. The van der Waals surface area contributed by atoms with Crippen LogP contribution in [0.1, 0.15) is 32.3 Å². The smallest absolute Gasteiger partial charge is 0.237 e. The molecule has 0 unspecified atom stereocenters. The monoisotopic (exact) mass is 264 g/mol. The van der Waals surface area contributed by atoms with E-state index in [4.69, 9.17) is 18.0 Å². The fourth-order valence-electron chi connectivity index (χ4n) is 1.99. The molecule has 1 aromatic carbocycles. The lowest BCUT2D eigenvalue weighted by Crippen LogP contribution is -2.45. The van der Waals surface area contributed by atoms with E-state index in [0.717, 1.165) is 11.3 Å². The van der Waals surface area contributed by atoms with E-state index < -0.39 is 5.41 Å². The molecule has 98 valence electrons. The van der Waals surface area contributed by atoms with Crippen LogP contribution in [0.3, 0.4) is 0 Å². The number of benzene rings is 1. The van der Waals surface area contributed by atoms with Gasteiger partial charge in [-0.2, -0.15) is 0 Å². The Kier molecular flexibility index (Phi) is 4.84. The van der Waals surface area contributed by atoms with Gasteiger partial charge in [-0.15, -0.1) is 0 Å². The van der Waals surface area contributed by atoms with Crippen molar-refractivity contribution >= 4 is 28.8 Å². The Morgan fingerprint density at radius 3 is 2.33 bits per heavy atom. The third-order valence-electron chi connectivity index (χ3n) is 3.51. The maximum atomic E-state index is 12.4. The maximum Gasteiger partial charge on any atom is 0.237 e. The number of amides is 1. The highest BCUT2D eigenvalue weighted by Crippen LogP contribution is 2.29. The Morgan fingerprint density at radius 2 is 1.89 bits per heavy atom. The Balaban J connectivity index is 3.00. The lowest BCUT2D eigenvalue weighted by molar-refractivity contribution is -0.122. The molecule has 0 saturated carbocycles. The van der Waals surface area contributed by atoms with Crippen molar-refractivity contribution in [1.29, 1.82) is 0 Å². The van der Waals surface area contributed by atoms with E-state index >= 15 is 0 Å². The van der Waals surface area contributed by atoms with Crippen LogP contribution in [-0.2, 0) is 4.79 Å². The second-order valence-electron chi connectivity index (χ2n) is 4.42. The first-order valence-corrected chi connectivity index (χ1v) is 6.55. The minimum atomic E-state index is -0.752. The van der Waals surface area contributed by atoms with Crippen molar-refractivity contribution in [1.82, 2.24) is 0 Å². The summed E-state index contributed by atoms with van der Waals surface area (Å²) in [5.41, 5.74) is 6.84. The summed E-state index contributed by atoms with van der Waals surface area (Å²) in [6.07, 6.45) is 1.22. The molecule has 0 aliphatic carbocycles. The first-order valence-electron chi connectivity index (χ1n) is 6.15. The summed E-state index contributed by atoms with van der Waals surface area (Å²) in [4.78, 5) is 12.7. The second-order valence-corrected chi connectivity index (χ2v) is 4.86. The molecule has 1 rings (SSSR count). The van der Waals surface area contributed by atoms with Gasteiger partial charge in [-0.25, -0.2) is 0 Å². The average Bonchev–Trinajstić information content (AvgIpc) is 2.34. The topological polar surface area (TPSA) is 55.1 Å². The third-order valence-corrected chi connectivity index (χ3v) is 3.90. The highest BCUT2D eigenvalue weighted by Gasteiger charge is 2.38. The van der Waals surface area contributed by atoms with Gasteiger partial charge in [0.1, 0.15) is 0 Å². The van der Waals surface area contributed by atoms with Crippen LogP contribution in [-0.4, -0.2) is 10.9 Å². The molecule has 0 aliphatic rings. The molecule has 3 nitrogen and oxygen atoms in total. The first-order chi connectivity index (χ1) is 8.47. The van der Waals surface area contributed by atoms with Gasteiger partial charge >= 0.3 is 0 Å². The van der Waals surface area contributed by atoms with Gasteiger partial charge in [0.25, 0.3) is 0 Å². The Morgan fingerprint density at radius 1 is 1.33 bits per heavy atom. The van der Waals surface area contributed by atoms with Crippen molar-refractivity contribution in [3.8, 4) is 0 Å². The van der Waals surface area contributed by atoms with E-state index in [1.54, 1.807) is 0 Å². The van der Waals surface area contributed by atoms with Crippen molar-refractivity contribution in [2.45, 2.75) is 33.6 Å². The summed E-state index contributed by atoms with van der Waals surface area (Å²) in [5, 5.41) is 2.93. The molecule has 0 fully saturated rings. The number of carbonyl (C=O) groups is 1. The van der Waals surface area contributed by atoms with E-state index in [2.05, 4.69) is 5.32 Å².